The molecular formula is C21H26N3O2+. The Bertz CT molecular complexity index is 894. The van der Waals surface area contributed by atoms with Gasteiger partial charge in [-0.25, -0.2) is 4.68 Å². The first-order valence-electron chi connectivity index (χ1n) is 9.33. The van der Waals surface area contributed by atoms with Gasteiger partial charge in [-0.05, 0) is 62.4 Å². The van der Waals surface area contributed by atoms with Gasteiger partial charge in [0, 0.05) is 11.8 Å². The van der Waals surface area contributed by atoms with Gasteiger partial charge in [-0.1, -0.05) is 19.3 Å². The normalized spacial score (nSPS) is 19.3. The molecule has 2 aromatic rings. The molecule has 1 saturated carbocycles. The number of carbonyl (C=O) groups is 1. The number of hydrogen-bond donors (Lipinski definition) is 1. The van der Waals surface area contributed by atoms with E-state index in [0.29, 0.717) is 11.3 Å². The van der Waals surface area contributed by atoms with Gasteiger partial charge in [-0.2, -0.15) is 5.10 Å². The van der Waals surface area contributed by atoms with E-state index in [9.17, 15) is 4.79 Å². The Labute approximate surface area is 153 Å². The smallest absolute Gasteiger partial charge is 0.268 e. The van der Waals surface area contributed by atoms with Gasteiger partial charge in [0.05, 0.1) is 11.9 Å². The van der Waals surface area contributed by atoms with Crippen LogP contribution in [0.2, 0.25) is 0 Å². The molecule has 0 unspecified atom stereocenters. The maximum Gasteiger partial charge on any atom is 0.268 e. The predicted octanol–water partition coefficient (Wildman–Crippen LogP) is 3.07. The molecule has 0 atom stereocenters. The number of carbonyl (C=O) groups excluding carboxylic acids is 1. The summed E-state index contributed by atoms with van der Waals surface area (Å²) in [4.78, 5) is 12.8. The summed E-state index contributed by atoms with van der Waals surface area (Å²) < 4.78 is 1.85. The molecule has 3 N–H and O–H groups in total. The zero-order valence-corrected chi connectivity index (χ0v) is 15.6. The number of nitrogens with one attached hydrogen (secondary N) is 1. The number of amides is 1. The van der Waals surface area contributed by atoms with E-state index in [2.05, 4.69) is 10.4 Å². The Balaban J connectivity index is 1.81. The minimum Gasteiger partial charge on any atom is -0.594 e. The van der Waals surface area contributed by atoms with Gasteiger partial charge in [0.1, 0.15) is 11.1 Å². The lowest BCUT2D eigenvalue weighted by Crippen LogP contribution is -2.46. The van der Waals surface area contributed by atoms with E-state index < -0.39 is 5.54 Å². The first-order valence-corrected chi connectivity index (χ1v) is 9.33. The summed E-state index contributed by atoms with van der Waals surface area (Å²) in [7, 11) is 0. The molecule has 1 aromatic carbocycles. The van der Waals surface area contributed by atoms with Crippen molar-refractivity contribution in [1.29, 1.82) is 0 Å². The third-order valence-electron chi connectivity index (χ3n) is 5.76. The molecule has 5 heteroatoms. The summed E-state index contributed by atoms with van der Waals surface area (Å²) in [5, 5.41) is 16.3. The summed E-state index contributed by atoms with van der Waals surface area (Å²) in [5.41, 5.74) is 5.13. The van der Waals surface area contributed by atoms with Crippen molar-refractivity contribution in [2.75, 3.05) is 0 Å². The van der Waals surface area contributed by atoms with E-state index in [4.69, 9.17) is 5.11 Å². The molecule has 0 bridgehead atoms. The molecule has 5 nitrogen and oxygen atoms in total. The van der Waals surface area contributed by atoms with E-state index in [1.807, 2.05) is 50.0 Å². The molecular weight excluding hydrogens is 326 g/mol. The molecule has 1 amide bonds. The first kappa shape index (κ1) is 16.9. The Kier molecular flexibility index (Phi) is 3.90. The van der Waals surface area contributed by atoms with Gasteiger partial charge in [-0.15, -0.1) is 0 Å². The Hall–Kier alpha value is -2.56. The van der Waals surface area contributed by atoms with Crippen molar-refractivity contribution >= 4 is 11.5 Å². The fraction of sp³-hybridized carbons (Fsp3) is 0.429. The standard InChI is InChI=1S/C21H25N3O2/c1-13-11-22-24(12-13)16-9-14(2)17(15(3)10-16)18-19(25)21(23-20(18)26)7-5-4-6-8-21/h9-12,25H,4-8H2,1-3H3,(H,23,26)/p+1. The minimum absolute atomic E-state index is 0.0919. The van der Waals surface area contributed by atoms with E-state index >= 15 is 0 Å². The summed E-state index contributed by atoms with van der Waals surface area (Å²) in [6.07, 6.45) is 8.92. The van der Waals surface area contributed by atoms with Crippen LogP contribution < -0.4 is 5.32 Å². The lowest BCUT2D eigenvalue weighted by atomic mass is 9.80. The summed E-state index contributed by atoms with van der Waals surface area (Å²) in [6.45, 7) is 6.05. The summed E-state index contributed by atoms with van der Waals surface area (Å²) in [5.74, 6) is 0.391. The van der Waals surface area contributed by atoms with E-state index in [1.165, 1.54) is 6.42 Å². The lowest BCUT2D eigenvalue weighted by Gasteiger charge is -2.30. The average molecular weight is 352 g/mol. The average Bonchev–Trinajstić information content (AvgIpc) is 3.12. The summed E-state index contributed by atoms with van der Waals surface area (Å²) in [6, 6.07) is 4.10. The lowest BCUT2D eigenvalue weighted by molar-refractivity contribution is -0.116. The molecule has 0 saturated heterocycles. The van der Waals surface area contributed by atoms with Crippen LogP contribution in [0.5, 0.6) is 0 Å². The van der Waals surface area contributed by atoms with Crippen molar-refractivity contribution in [3.05, 3.63) is 52.5 Å². The molecule has 1 aromatic heterocycles. The summed E-state index contributed by atoms with van der Waals surface area (Å²) >= 11 is 0. The van der Waals surface area contributed by atoms with Crippen molar-refractivity contribution in [3.63, 3.8) is 0 Å². The highest BCUT2D eigenvalue weighted by Gasteiger charge is 2.50. The quantitative estimate of drug-likeness (QED) is 0.844. The number of benzene rings is 1. The van der Waals surface area contributed by atoms with Crippen LogP contribution in [0.1, 0.15) is 54.4 Å². The van der Waals surface area contributed by atoms with Crippen LogP contribution in [0.25, 0.3) is 11.3 Å². The molecule has 1 fully saturated rings. The fourth-order valence-corrected chi connectivity index (χ4v) is 4.49. The zero-order valence-electron chi connectivity index (χ0n) is 15.6. The SMILES string of the molecule is Cc1cnn(-c2cc(C)c(C3=C([OH2+])C4(CCCCC4)NC3=O)c(C)c2)c1. The highest BCUT2D eigenvalue weighted by atomic mass is 16.3. The predicted molar refractivity (Wildman–Crippen MR) is 102 cm³/mol. The Morgan fingerprint density at radius 2 is 1.77 bits per heavy atom. The van der Waals surface area contributed by atoms with Crippen LogP contribution in [-0.2, 0) is 4.79 Å². The molecule has 4 rings (SSSR count). The second kappa shape index (κ2) is 6.01. The fourth-order valence-electron chi connectivity index (χ4n) is 4.49. The monoisotopic (exact) mass is 352 g/mol. The number of aromatic nitrogens is 2. The van der Waals surface area contributed by atoms with Gasteiger partial charge in [-0.3, -0.25) is 4.79 Å². The van der Waals surface area contributed by atoms with E-state index in [-0.39, 0.29) is 5.91 Å². The number of aryl methyl sites for hydroxylation is 3. The van der Waals surface area contributed by atoms with Crippen LogP contribution >= 0.6 is 0 Å². The third kappa shape index (κ3) is 2.54. The minimum atomic E-state index is -0.443. The van der Waals surface area contributed by atoms with Crippen molar-refractivity contribution < 1.29 is 9.90 Å². The Morgan fingerprint density at radius 1 is 1.12 bits per heavy atom. The van der Waals surface area contributed by atoms with Crippen LogP contribution in [-0.4, -0.2) is 26.3 Å². The van der Waals surface area contributed by atoms with Crippen LogP contribution in [0.4, 0.5) is 0 Å². The first-order chi connectivity index (χ1) is 12.4. The zero-order chi connectivity index (χ0) is 18.5. The second-order valence-corrected chi connectivity index (χ2v) is 7.76. The van der Waals surface area contributed by atoms with Crippen molar-refractivity contribution in [2.24, 2.45) is 0 Å². The van der Waals surface area contributed by atoms with Crippen molar-refractivity contribution in [1.82, 2.24) is 15.1 Å². The van der Waals surface area contributed by atoms with E-state index in [0.717, 1.165) is 53.6 Å². The molecule has 1 spiro atoms. The Morgan fingerprint density at radius 3 is 2.35 bits per heavy atom. The van der Waals surface area contributed by atoms with Crippen LogP contribution in [0.15, 0.2) is 30.3 Å². The number of hydrogen-bond acceptors (Lipinski definition) is 2. The van der Waals surface area contributed by atoms with Crippen LogP contribution in [0, 0.1) is 20.8 Å². The molecule has 26 heavy (non-hydrogen) atoms. The third-order valence-corrected chi connectivity index (χ3v) is 5.76. The van der Waals surface area contributed by atoms with Gasteiger partial charge in [0.25, 0.3) is 11.7 Å². The highest BCUT2D eigenvalue weighted by molar-refractivity contribution is 6.24. The van der Waals surface area contributed by atoms with Gasteiger partial charge in [0.2, 0.25) is 0 Å². The molecule has 136 valence electrons. The maximum absolute atomic E-state index is 12.8. The number of nitrogens with zero attached hydrogens (tertiary/aromatic N) is 2. The largest absolute Gasteiger partial charge is 0.594 e. The molecule has 1 aliphatic heterocycles. The molecule has 2 heterocycles. The van der Waals surface area contributed by atoms with Gasteiger partial charge >= 0.3 is 0 Å². The molecule has 1 aliphatic carbocycles. The maximum atomic E-state index is 12.8. The van der Waals surface area contributed by atoms with Gasteiger partial charge < -0.3 is 10.4 Å². The topological polar surface area (TPSA) is 69.8 Å². The van der Waals surface area contributed by atoms with Crippen molar-refractivity contribution in [2.45, 2.75) is 58.4 Å². The van der Waals surface area contributed by atoms with Crippen LogP contribution in [0.3, 0.4) is 0 Å². The highest BCUT2D eigenvalue weighted by Crippen LogP contribution is 2.42. The van der Waals surface area contributed by atoms with Crippen molar-refractivity contribution in [3.8, 4) is 5.69 Å². The number of rotatable bonds is 2. The van der Waals surface area contributed by atoms with E-state index in [1.54, 1.807) is 0 Å². The van der Waals surface area contributed by atoms with Gasteiger partial charge in [0.15, 0.2) is 0 Å². The molecule has 2 aliphatic rings. The molecule has 0 radical (unpaired) electrons. The second-order valence-electron chi connectivity index (χ2n) is 7.76.